The van der Waals surface area contributed by atoms with Crippen LogP contribution in [0.1, 0.15) is 50.7 Å². The van der Waals surface area contributed by atoms with Gasteiger partial charge < -0.3 is 19.2 Å². The fourth-order valence-electron chi connectivity index (χ4n) is 3.62. The van der Waals surface area contributed by atoms with Gasteiger partial charge in [0.25, 0.3) is 0 Å². The summed E-state index contributed by atoms with van der Waals surface area (Å²) in [5.41, 5.74) is 3.66. The van der Waals surface area contributed by atoms with Gasteiger partial charge in [-0.1, -0.05) is 26.0 Å². The van der Waals surface area contributed by atoms with Crippen molar-refractivity contribution < 1.29 is 14.3 Å². The van der Waals surface area contributed by atoms with Gasteiger partial charge in [0, 0.05) is 12.1 Å². The number of ether oxygens (including phenoxy) is 2. The third-order valence-corrected chi connectivity index (χ3v) is 5.18. The summed E-state index contributed by atoms with van der Waals surface area (Å²) in [6, 6.07) is 14.5. The van der Waals surface area contributed by atoms with Crippen molar-refractivity contribution in [2.75, 3.05) is 24.6 Å². The van der Waals surface area contributed by atoms with Gasteiger partial charge in [-0.05, 0) is 67.6 Å². The lowest BCUT2D eigenvalue weighted by atomic mass is 9.96. The van der Waals surface area contributed by atoms with Crippen molar-refractivity contribution in [2.24, 2.45) is 0 Å². The molecule has 0 saturated carbocycles. The van der Waals surface area contributed by atoms with Gasteiger partial charge in [-0.15, -0.1) is 0 Å². The summed E-state index contributed by atoms with van der Waals surface area (Å²) in [6.45, 7) is 10.5. The van der Waals surface area contributed by atoms with Gasteiger partial charge in [-0.2, -0.15) is 0 Å². The zero-order valence-corrected chi connectivity index (χ0v) is 17.4. The van der Waals surface area contributed by atoms with Crippen LogP contribution >= 0.6 is 0 Å². The van der Waals surface area contributed by atoms with Crippen molar-refractivity contribution in [2.45, 2.75) is 52.6 Å². The van der Waals surface area contributed by atoms with Crippen LogP contribution in [0.15, 0.2) is 42.5 Å². The molecule has 0 amide bonds. The van der Waals surface area contributed by atoms with E-state index < -0.39 is 0 Å². The van der Waals surface area contributed by atoms with Crippen LogP contribution in [0.2, 0.25) is 0 Å². The molecular formula is C24H31NO3. The number of rotatable bonds is 9. The van der Waals surface area contributed by atoms with Crippen LogP contribution in [-0.2, 0) is 4.79 Å². The highest BCUT2D eigenvalue weighted by atomic mass is 16.5. The smallest absolute Gasteiger partial charge is 0.133 e. The van der Waals surface area contributed by atoms with E-state index in [-0.39, 0.29) is 17.8 Å². The minimum atomic E-state index is 0.205. The van der Waals surface area contributed by atoms with Crippen LogP contribution in [0.3, 0.4) is 0 Å². The van der Waals surface area contributed by atoms with E-state index >= 15 is 0 Å². The summed E-state index contributed by atoms with van der Waals surface area (Å²) in [5.74, 6) is 2.31. The summed E-state index contributed by atoms with van der Waals surface area (Å²) in [5, 5.41) is 0. The molecule has 0 radical (unpaired) electrons. The van der Waals surface area contributed by atoms with E-state index in [1.807, 2.05) is 18.2 Å². The number of ketones is 1. The van der Waals surface area contributed by atoms with Gasteiger partial charge in [-0.25, -0.2) is 0 Å². The Morgan fingerprint density at radius 3 is 2.43 bits per heavy atom. The average molecular weight is 382 g/mol. The highest BCUT2D eigenvalue weighted by Crippen LogP contribution is 2.30. The van der Waals surface area contributed by atoms with Gasteiger partial charge in [0.1, 0.15) is 23.4 Å². The zero-order chi connectivity index (χ0) is 20.1. The number of hydrogen-bond acceptors (Lipinski definition) is 4. The quantitative estimate of drug-likeness (QED) is 0.603. The Morgan fingerprint density at radius 1 is 1.14 bits per heavy atom. The summed E-state index contributed by atoms with van der Waals surface area (Å²) < 4.78 is 11.8. The highest BCUT2D eigenvalue weighted by molar-refractivity contribution is 5.76. The highest BCUT2D eigenvalue weighted by Gasteiger charge is 2.29. The molecule has 28 heavy (non-hydrogen) atoms. The molecule has 1 aliphatic heterocycles. The lowest BCUT2D eigenvalue weighted by Crippen LogP contribution is -2.54. The Bertz CT molecular complexity index is 794. The van der Waals surface area contributed by atoms with E-state index in [0.717, 1.165) is 37.6 Å². The minimum absolute atomic E-state index is 0.205. The predicted molar refractivity (Wildman–Crippen MR) is 114 cm³/mol. The van der Waals surface area contributed by atoms with Crippen LogP contribution in [-0.4, -0.2) is 31.6 Å². The standard InChI is InChI=1S/C24H31NO3/c1-5-12-27-22-10-11-24(18(3)14-22)25-15-23(16-25)28-21-8-6-20(7-9-21)17(2)13-19(4)26/h6-11,14,17,23H,5,12-13,15-16H2,1-4H3/t17-/m1/s1. The Balaban J connectivity index is 1.51. The van der Waals surface area contributed by atoms with E-state index in [1.54, 1.807) is 6.92 Å². The molecular weight excluding hydrogens is 350 g/mol. The molecule has 2 aromatic rings. The SMILES string of the molecule is CCCOc1ccc(N2CC(Oc3ccc([C@H](C)CC(C)=O)cc3)C2)c(C)c1. The third-order valence-electron chi connectivity index (χ3n) is 5.18. The molecule has 0 aromatic heterocycles. The topological polar surface area (TPSA) is 38.8 Å². The van der Waals surface area contributed by atoms with Gasteiger partial charge in [0.2, 0.25) is 0 Å². The fourth-order valence-corrected chi connectivity index (χ4v) is 3.62. The Labute approximate surface area is 168 Å². The molecule has 2 aromatic carbocycles. The number of carbonyl (C=O) groups is 1. The zero-order valence-electron chi connectivity index (χ0n) is 17.4. The molecule has 0 spiro atoms. The maximum Gasteiger partial charge on any atom is 0.133 e. The molecule has 0 bridgehead atoms. The minimum Gasteiger partial charge on any atom is -0.494 e. The van der Waals surface area contributed by atoms with Crippen molar-refractivity contribution >= 4 is 11.5 Å². The molecule has 0 N–H and O–H groups in total. The van der Waals surface area contributed by atoms with Gasteiger partial charge in [0.05, 0.1) is 19.7 Å². The first-order valence-corrected chi connectivity index (χ1v) is 10.2. The van der Waals surface area contributed by atoms with E-state index in [1.165, 1.54) is 16.8 Å². The predicted octanol–water partition coefficient (Wildman–Crippen LogP) is 5.13. The van der Waals surface area contributed by atoms with E-state index in [2.05, 4.69) is 49.9 Å². The molecule has 4 heteroatoms. The lowest BCUT2D eigenvalue weighted by molar-refractivity contribution is -0.117. The average Bonchev–Trinajstić information content (AvgIpc) is 2.63. The monoisotopic (exact) mass is 381 g/mol. The third kappa shape index (κ3) is 5.06. The van der Waals surface area contributed by atoms with E-state index in [4.69, 9.17) is 9.47 Å². The molecule has 1 fully saturated rings. The summed E-state index contributed by atoms with van der Waals surface area (Å²) >= 11 is 0. The fraction of sp³-hybridized carbons (Fsp3) is 0.458. The van der Waals surface area contributed by atoms with Crippen molar-refractivity contribution in [3.05, 3.63) is 53.6 Å². The molecule has 1 saturated heterocycles. The number of benzene rings is 2. The molecule has 1 aliphatic rings. The molecule has 0 aliphatic carbocycles. The Kier molecular flexibility index (Phi) is 6.61. The van der Waals surface area contributed by atoms with E-state index in [9.17, 15) is 4.79 Å². The van der Waals surface area contributed by atoms with Gasteiger partial charge >= 0.3 is 0 Å². The first-order chi connectivity index (χ1) is 13.5. The molecule has 1 atom stereocenters. The molecule has 3 rings (SSSR count). The maximum absolute atomic E-state index is 11.3. The van der Waals surface area contributed by atoms with Crippen LogP contribution in [0.4, 0.5) is 5.69 Å². The molecule has 4 nitrogen and oxygen atoms in total. The van der Waals surface area contributed by atoms with Crippen molar-refractivity contribution in [3.63, 3.8) is 0 Å². The Hall–Kier alpha value is -2.49. The normalized spacial score (nSPS) is 15.1. The van der Waals surface area contributed by atoms with Gasteiger partial charge in [-0.3, -0.25) is 0 Å². The maximum atomic E-state index is 11.3. The number of nitrogens with zero attached hydrogens (tertiary/aromatic N) is 1. The number of carbonyl (C=O) groups excluding carboxylic acids is 1. The molecule has 0 unspecified atom stereocenters. The molecule has 1 heterocycles. The second kappa shape index (κ2) is 9.13. The van der Waals surface area contributed by atoms with Crippen molar-refractivity contribution in [1.82, 2.24) is 0 Å². The van der Waals surface area contributed by atoms with Crippen LogP contribution in [0.5, 0.6) is 11.5 Å². The van der Waals surface area contributed by atoms with Crippen molar-refractivity contribution in [1.29, 1.82) is 0 Å². The van der Waals surface area contributed by atoms with Crippen LogP contribution in [0.25, 0.3) is 0 Å². The summed E-state index contributed by atoms with van der Waals surface area (Å²) in [7, 11) is 0. The summed E-state index contributed by atoms with van der Waals surface area (Å²) in [4.78, 5) is 13.6. The largest absolute Gasteiger partial charge is 0.494 e. The Morgan fingerprint density at radius 2 is 1.82 bits per heavy atom. The second-order valence-electron chi connectivity index (χ2n) is 7.82. The first-order valence-electron chi connectivity index (χ1n) is 10.2. The number of hydrogen-bond donors (Lipinski definition) is 0. The van der Waals surface area contributed by atoms with Gasteiger partial charge in [0.15, 0.2) is 0 Å². The number of Topliss-reactive ketones (excluding diaryl/α,β-unsaturated/α-hetero) is 1. The van der Waals surface area contributed by atoms with Crippen molar-refractivity contribution in [3.8, 4) is 11.5 Å². The van der Waals surface area contributed by atoms with E-state index in [0.29, 0.717) is 6.42 Å². The second-order valence-corrected chi connectivity index (χ2v) is 7.82. The molecule has 150 valence electrons. The van der Waals surface area contributed by atoms with Crippen LogP contribution in [0, 0.1) is 6.92 Å². The van der Waals surface area contributed by atoms with Crippen LogP contribution < -0.4 is 14.4 Å². The number of aryl methyl sites for hydroxylation is 1. The lowest BCUT2D eigenvalue weighted by Gasteiger charge is -2.41. The summed E-state index contributed by atoms with van der Waals surface area (Å²) in [6.07, 6.45) is 1.80. The first kappa shape index (κ1) is 20.2. The number of anilines is 1.